The Morgan fingerprint density at radius 3 is 2.00 bits per heavy atom. The second kappa shape index (κ2) is 14.9. The Labute approximate surface area is 382 Å². The molecule has 0 spiro atoms. The van der Waals surface area contributed by atoms with Crippen molar-refractivity contribution in [2.45, 2.75) is 64.2 Å². The highest BCUT2D eigenvalue weighted by molar-refractivity contribution is 6.13. The molecule has 8 aromatic carbocycles. The van der Waals surface area contributed by atoms with Crippen molar-refractivity contribution >= 4 is 39.0 Å². The monoisotopic (exact) mass is 843 g/mol. The van der Waals surface area contributed by atoms with Crippen LogP contribution in [-0.4, -0.2) is 0 Å². The third kappa shape index (κ3) is 6.22. The first-order chi connectivity index (χ1) is 31.9. The van der Waals surface area contributed by atoms with Gasteiger partial charge in [-0.2, -0.15) is 0 Å². The summed E-state index contributed by atoms with van der Waals surface area (Å²) < 4.78 is 13.3. The van der Waals surface area contributed by atoms with Crippen LogP contribution in [0.3, 0.4) is 0 Å². The molecule has 5 atom stereocenters. The lowest BCUT2D eigenvalue weighted by atomic mass is 9.64. The second-order valence-corrected chi connectivity index (χ2v) is 20.1. The summed E-state index contributed by atoms with van der Waals surface area (Å²) in [5.74, 6) is 5.75. The summed E-state index contributed by atoms with van der Waals surface area (Å²) >= 11 is 0. The maximum Gasteiger partial charge on any atom is 0.136 e. The van der Waals surface area contributed by atoms with E-state index in [1.54, 1.807) is 0 Å². The third-order valence-electron chi connectivity index (χ3n) is 16.2. The molecule has 2 unspecified atom stereocenters. The zero-order chi connectivity index (χ0) is 43.4. The van der Waals surface area contributed by atoms with Gasteiger partial charge in [0.05, 0.1) is 0 Å². The molecule has 65 heavy (non-hydrogen) atoms. The number of ether oxygens (including phenoxy) is 1. The maximum atomic E-state index is 6.98. The van der Waals surface area contributed by atoms with E-state index in [-0.39, 0.29) is 5.41 Å². The van der Waals surface area contributed by atoms with Crippen molar-refractivity contribution in [2.24, 2.45) is 23.7 Å². The molecular weight excluding hydrogens is 791 g/mol. The molecule has 4 aliphatic carbocycles. The van der Waals surface area contributed by atoms with E-state index < -0.39 is 0 Å². The highest BCUT2D eigenvalue weighted by Crippen LogP contribution is 2.61. The second-order valence-electron chi connectivity index (χ2n) is 20.1. The van der Waals surface area contributed by atoms with Gasteiger partial charge in [-0.15, -0.1) is 0 Å². The normalized spacial score (nSPS) is 21.1. The molecule has 318 valence electrons. The first-order valence-electron chi connectivity index (χ1n) is 23.9. The van der Waals surface area contributed by atoms with Gasteiger partial charge in [0.25, 0.3) is 0 Å². The number of furan rings is 1. The molecule has 9 aromatic rings. The standard InChI is InChI=1S/C62H53NO2/c1-38-13-4-10-20-57(38)64-59-30-28-45(36-54(59)53-35-42-32-39-31-41(42)34-43(53)33-39)63(46-27-29-50-49-16-7-9-19-55(49)62(2,3)56(50)37-46)44-25-23-40(24-26-44)47-14-5-6-15-48(47)51-18-12-22-60-61(51)52-17-8-11-21-58(52)65-60/h4-30,36-37,39,41-43,53H,31-35H2,1-3H3/t39-,41-,42?,43-,53?/m0/s1. The summed E-state index contributed by atoms with van der Waals surface area (Å²) in [6.07, 6.45) is 6.83. The Morgan fingerprint density at radius 2 is 1.14 bits per heavy atom. The van der Waals surface area contributed by atoms with E-state index in [1.165, 1.54) is 93.5 Å². The number of aryl methyl sites for hydroxylation is 1. The van der Waals surface area contributed by atoms with Crippen LogP contribution in [0.1, 0.15) is 74.1 Å². The Hall–Kier alpha value is -6.84. The Bertz CT molecular complexity index is 3320. The molecule has 13 rings (SSSR count). The van der Waals surface area contributed by atoms with Gasteiger partial charge in [-0.3, -0.25) is 0 Å². The van der Waals surface area contributed by atoms with Crippen molar-refractivity contribution < 1.29 is 9.15 Å². The van der Waals surface area contributed by atoms with Gasteiger partial charge < -0.3 is 14.1 Å². The highest BCUT2D eigenvalue weighted by Gasteiger charge is 2.49. The van der Waals surface area contributed by atoms with Crippen LogP contribution in [0, 0.1) is 30.6 Å². The fourth-order valence-electron chi connectivity index (χ4n) is 13.1. The molecule has 0 radical (unpaired) electrons. The summed E-state index contributed by atoms with van der Waals surface area (Å²) in [6, 6.07) is 64.6. The van der Waals surface area contributed by atoms with E-state index in [9.17, 15) is 0 Å². The lowest BCUT2D eigenvalue weighted by Gasteiger charge is -2.41. The molecule has 0 amide bonds. The number of hydrogen-bond acceptors (Lipinski definition) is 3. The molecule has 3 fully saturated rings. The molecular formula is C62H53NO2. The van der Waals surface area contributed by atoms with Crippen LogP contribution in [0.4, 0.5) is 17.1 Å². The van der Waals surface area contributed by atoms with Gasteiger partial charge in [-0.05, 0) is 179 Å². The average molecular weight is 844 g/mol. The SMILES string of the molecule is Cc1ccccc1Oc1ccc(N(c2ccc(-c3ccccc3-c3cccc4oc5ccccc5c34)cc2)c2ccc3c(c2)C(C)(C)c2ccccc2-3)cc1C1CC2C[C@@H]3C[C@H]2C[C@@H]1C3. The first kappa shape index (κ1) is 38.6. The van der Waals surface area contributed by atoms with Gasteiger partial charge in [0.2, 0.25) is 0 Å². The minimum absolute atomic E-state index is 0.124. The number of benzene rings is 8. The Morgan fingerprint density at radius 1 is 0.492 bits per heavy atom. The van der Waals surface area contributed by atoms with E-state index in [2.05, 4.69) is 196 Å². The molecule has 3 nitrogen and oxygen atoms in total. The quantitative estimate of drug-likeness (QED) is 0.152. The molecule has 1 heterocycles. The van der Waals surface area contributed by atoms with Gasteiger partial charge in [-0.1, -0.05) is 129 Å². The summed E-state index contributed by atoms with van der Waals surface area (Å²) in [4.78, 5) is 2.50. The van der Waals surface area contributed by atoms with Gasteiger partial charge in [0.15, 0.2) is 0 Å². The van der Waals surface area contributed by atoms with Crippen molar-refractivity contribution in [3.05, 3.63) is 198 Å². The molecule has 0 N–H and O–H groups in total. The van der Waals surface area contributed by atoms with E-state index in [1.807, 2.05) is 6.07 Å². The average Bonchev–Trinajstić information content (AvgIpc) is 3.90. The van der Waals surface area contributed by atoms with Gasteiger partial charge >= 0.3 is 0 Å². The zero-order valence-corrected chi connectivity index (χ0v) is 37.4. The van der Waals surface area contributed by atoms with Crippen molar-refractivity contribution in [1.29, 1.82) is 0 Å². The molecule has 4 aliphatic rings. The maximum absolute atomic E-state index is 6.98. The van der Waals surface area contributed by atoms with Crippen molar-refractivity contribution in [3.8, 4) is 44.9 Å². The minimum Gasteiger partial charge on any atom is -0.457 e. The number of para-hydroxylation sites is 2. The van der Waals surface area contributed by atoms with E-state index in [4.69, 9.17) is 9.15 Å². The van der Waals surface area contributed by atoms with Crippen molar-refractivity contribution in [1.82, 2.24) is 0 Å². The number of rotatable bonds is 8. The summed E-state index contributed by atoms with van der Waals surface area (Å²) in [7, 11) is 0. The van der Waals surface area contributed by atoms with Crippen LogP contribution in [0.25, 0.3) is 55.3 Å². The predicted molar refractivity (Wildman–Crippen MR) is 268 cm³/mol. The molecule has 3 saturated carbocycles. The van der Waals surface area contributed by atoms with Gasteiger partial charge in [0.1, 0.15) is 22.7 Å². The molecule has 1 aromatic heterocycles. The van der Waals surface area contributed by atoms with E-state index in [0.29, 0.717) is 11.8 Å². The van der Waals surface area contributed by atoms with Crippen molar-refractivity contribution in [2.75, 3.05) is 4.90 Å². The van der Waals surface area contributed by atoms with Crippen molar-refractivity contribution in [3.63, 3.8) is 0 Å². The fraction of sp³-hybridized carbons (Fsp3) is 0.226. The van der Waals surface area contributed by atoms with Crippen LogP contribution < -0.4 is 9.64 Å². The van der Waals surface area contributed by atoms with E-state index >= 15 is 0 Å². The Kier molecular flexibility index (Phi) is 8.82. The fourth-order valence-corrected chi connectivity index (χ4v) is 13.1. The molecule has 3 bridgehead atoms. The molecule has 0 saturated heterocycles. The van der Waals surface area contributed by atoms with Crippen LogP contribution in [0.5, 0.6) is 11.5 Å². The zero-order valence-electron chi connectivity index (χ0n) is 37.4. The van der Waals surface area contributed by atoms with Gasteiger partial charge in [0, 0.05) is 38.8 Å². The summed E-state index contributed by atoms with van der Waals surface area (Å²) in [5.41, 5.74) is 17.9. The van der Waals surface area contributed by atoms with Crippen LogP contribution in [0.15, 0.2) is 180 Å². The lowest BCUT2D eigenvalue weighted by molar-refractivity contribution is 0.149. The highest BCUT2D eigenvalue weighted by atomic mass is 16.5. The summed E-state index contributed by atoms with van der Waals surface area (Å²) in [6.45, 7) is 6.92. The number of hydrogen-bond donors (Lipinski definition) is 0. The topological polar surface area (TPSA) is 25.6 Å². The number of fused-ring (bicyclic) bond motifs is 8. The van der Waals surface area contributed by atoms with Crippen LogP contribution >= 0.6 is 0 Å². The Balaban J connectivity index is 0.956. The minimum atomic E-state index is -0.124. The largest absolute Gasteiger partial charge is 0.457 e. The first-order valence-corrected chi connectivity index (χ1v) is 23.9. The number of anilines is 3. The molecule has 0 aliphatic heterocycles. The van der Waals surface area contributed by atoms with Crippen LogP contribution in [0.2, 0.25) is 0 Å². The lowest BCUT2D eigenvalue weighted by Crippen LogP contribution is -2.29. The van der Waals surface area contributed by atoms with Gasteiger partial charge in [-0.25, -0.2) is 0 Å². The number of nitrogens with zero attached hydrogens (tertiary/aromatic N) is 1. The van der Waals surface area contributed by atoms with E-state index in [0.717, 1.165) is 62.4 Å². The molecule has 3 heteroatoms. The predicted octanol–water partition coefficient (Wildman–Crippen LogP) is 17.3. The smallest absolute Gasteiger partial charge is 0.136 e. The summed E-state index contributed by atoms with van der Waals surface area (Å²) in [5, 5.41) is 2.30. The van der Waals surface area contributed by atoms with Crippen LogP contribution in [-0.2, 0) is 5.41 Å². The third-order valence-corrected chi connectivity index (χ3v) is 16.2.